The van der Waals surface area contributed by atoms with E-state index in [0.29, 0.717) is 5.56 Å². The van der Waals surface area contributed by atoms with E-state index in [1.807, 2.05) is 0 Å². The molecule has 2 aromatic rings. The van der Waals surface area contributed by atoms with Crippen LogP contribution in [0.15, 0.2) is 42.6 Å². The fourth-order valence-corrected chi connectivity index (χ4v) is 2.46. The molecule has 1 aromatic heterocycles. The Morgan fingerprint density at radius 3 is 2.39 bits per heavy atom. The lowest BCUT2D eigenvalue weighted by Crippen LogP contribution is -2.34. The monoisotopic (exact) mass is 315 g/mol. The van der Waals surface area contributed by atoms with Crippen LogP contribution in [0.4, 0.5) is 0 Å². The number of carbonyl (C=O) groups is 2. The summed E-state index contributed by atoms with van der Waals surface area (Å²) >= 11 is 0. The second-order valence-electron chi connectivity index (χ2n) is 5.31. The molecule has 0 unspecified atom stereocenters. The molecule has 0 aliphatic rings. The number of carboxylic acids is 1. The maximum Gasteiger partial charge on any atom is 0.330 e. The van der Waals surface area contributed by atoms with Crippen molar-refractivity contribution in [1.82, 2.24) is 15.1 Å². The molecule has 0 radical (unpaired) electrons. The van der Waals surface area contributed by atoms with Crippen LogP contribution in [0.5, 0.6) is 0 Å². The summed E-state index contributed by atoms with van der Waals surface area (Å²) in [6.45, 7) is 4.12. The Kier molecular flexibility index (Phi) is 5.51. The van der Waals surface area contributed by atoms with E-state index >= 15 is 0 Å². The smallest absolute Gasteiger partial charge is 0.330 e. The zero-order chi connectivity index (χ0) is 16.8. The minimum atomic E-state index is -1.11. The summed E-state index contributed by atoms with van der Waals surface area (Å²) in [4.78, 5) is 23.7. The predicted octanol–water partition coefficient (Wildman–Crippen LogP) is 2.80. The van der Waals surface area contributed by atoms with Crippen molar-refractivity contribution < 1.29 is 14.7 Å². The number of hydrogen-bond acceptors (Lipinski definition) is 3. The van der Waals surface area contributed by atoms with Gasteiger partial charge in [0.2, 0.25) is 0 Å². The number of amides is 1. The lowest BCUT2D eigenvalue weighted by molar-refractivity contribution is -0.139. The number of aliphatic carboxylic acids is 1. The average molecular weight is 315 g/mol. The average Bonchev–Trinajstić information content (AvgIpc) is 3.04. The van der Waals surface area contributed by atoms with Crippen molar-refractivity contribution in [3.8, 4) is 0 Å². The number of nitrogens with one attached hydrogen (secondary N) is 1. The molecule has 1 atom stereocenters. The van der Waals surface area contributed by atoms with Crippen LogP contribution < -0.4 is 5.32 Å². The van der Waals surface area contributed by atoms with Gasteiger partial charge in [0.05, 0.1) is 6.04 Å². The first-order chi connectivity index (χ1) is 11.1. The Labute approximate surface area is 135 Å². The highest BCUT2D eigenvalue weighted by Crippen LogP contribution is 2.16. The Morgan fingerprint density at radius 1 is 1.17 bits per heavy atom. The fourth-order valence-electron chi connectivity index (χ4n) is 2.46. The van der Waals surface area contributed by atoms with Gasteiger partial charge in [0.1, 0.15) is 5.69 Å². The summed E-state index contributed by atoms with van der Waals surface area (Å²) in [5.41, 5.74) is 0.742. The fraction of sp³-hybridized carbons (Fsp3) is 0.353. The van der Waals surface area contributed by atoms with Crippen molar-refractivity contribution in [2.45, 2.75) is 38.8 Å². The highest BCUT2D eigenvalue weighted by Gasteiger charge is 2.23. The number of aromatic nitrogens is 2. The van der Waals surface area contributed by atoms with Crippen LogP contribution in [0.1, 0.15) is 54.8 Å². The minimum absolute atomic E-state index is 0.221. The second kappa shape index (κ2) is 7.58. The van der Waals surface area contributed by atoms with Gasteiger partial charge in [0, 0.05) is 6.20 Å². The number of nitrogens with zero attached hydrogens (tertiary/aromatic N) is 2. The van der Waals surface area contributed by atoms with Gasteiger partial charge >= 0.3 is 5.97 Å². The molecule has 0 saturated carbocycles. The molecule has 0 bridgehead atoms. The van der Waals surface area contributed by atoms with Gasteiger partial charge in [-0.15, -0.1) is 0 Å². The van der Waals surface area contributed by atoms with Crippen LogP contribution in [-0.4, -0.2) is 26.8 Å². The molecule has 0 spiro atoms. The van der Waals surface area contributed by atoms with E-state index in [1.165, 1.54) is 0 Å². The molecule has 0 fully saturated rings. The minimum Gasteiger partial charge on any atom is -0.479 e. The summed E-state index contributed by atoms with van der Waals surface area (Å²) in [5.74, 6) is -1.60. The van der Waals surface area contributed by atoms with Crippen LogP contribution in [0.3, 0.4) is 0 Å². The van der Waals surface area contributed by atoms with E-state index in [4.69, 9.17) is 0 Å². The molecule has 6 heteroatoms. The van der Waals surface area contributed by atoms with Crippen molar-refractivity contribution >= 4 is 11.9 Å². The van der Waals surface area contributed by atoms with Gasteiger partial charge in [-0.05, 0) is 24.5 Å². The third-order valence-corrected chi connectivity index (χ3v) is 3.81. The Hall–Kier alpha value is -2.63. The zero-order valence-corrected chi connectivity index (χ0v) is 13.3. The molecule has 1 aromatic carbocycles. The van der Waals surface area contributed by atoms with Gasteiger partial charge in [-0.1, -0.05) is 44.2 Å². The lowest BCUT2D eigenvalue weighted by Gasteiger charge is -2.14. The third kappa shape index (κ3) is 3.97. The van der Waals surface area contributed by atoms with Crippen molar-refractivity contribution in [2.75, 3.05) is 0 Å². The normalized spacial score (nSPS) is 12.1. The first kappa shape index (κ1) is 16.7. The summed E-state index contributed by atoms with van der Waals surface area (Å²) in [7, 11) is 0. The first-order valence-electron chi connectivity index (χ1n) is 7.70. The van der Waals surface area contributed by atoms with Crippen LogP contribution in [-0.2, 0) is 4.79 Å². The molecular formula is C17H21N3O3. The predicted molar refractivity (Wildman–Crippen MR) is 86.1 cm³/mol. The maximum atomic E-state index is 12.3. The molecule has 23 heavy (non-hydrogen) atoms. The van der Waals surface area contributed by atoms with Gasteiger partial charge in [-0.2, -0.15) is 5.10 Å². The van der Waals surface area contributed by atoms with Gasteiger partial charge in [-0.3, -0.25) is 9.48 Å². The number of carbonyl (C=O) groups excluding carboxylic acids is 1. The van der Waals surface area contributed by atoms with Crippen molar-refractivity contribution in [1.29, 1.82) is 0 Å². The SMILES string of the molecule is CCC(CC)n1ccc(C(=O)N[C@H](C(=O)O)c2ccccc2)n1. The molecular weight excluding hydrogens is 294 g/mol. The van der Waals surface area contributed by atoms with Crippen LogP contribution in [0.25, 0.3) is 0 Å². The summed E-state index contributed by atoms with van der Waals surface area (Å²) in [5, 5.41) is 16.1. The molecule has 0 saturated heterocycles. The van der Waals surface area contributed by atoms with E-state index < -0.39 is 17.9 Å². The van der Waals surface area contributed by atoms with E-state index in [1.54, 1.807) is 47.3 Å². The molecule has 2 rings (SSSR count). The summed E-state index contributed by atoms with van der Waals surface area (Å²) in [6.07, 6.45) is 3.59. The number of rotatable bonds is 7. The molecule has 0 aliphatic carbocycles. The van der Waals surface area contributed by atoms with Gasteiger partial charge in [0.15, 0.2) is 6.04 Å². The van der Waals surface area contributed by atoms with E-state index in [0.717, 1.165) is 12.8 Å². The maximum absolute atomic E-state index is 12.3. The van der Waals surface area contributed by atoms with Gasteiger partial charge in [0.25, 0.3) is 5.91 Å². The molecule has 6 nitrogen and oxygen atoms in total. The van der Waals surface area contributed by atoms with E-state index in [-0.39, 0.29) is 11.7 Å². The molecule has 2 N–H and O–H groups in total. The van der Waals surface area contributed by atoms with Crippen LogP contribution >= 0.6 is 0 Å². The summed E-state index contributed by atoms with van der Waals surface area (Å²) in [6, 6.07) is 9.35. The number of benzene rings is 1. The molecule has 1 heterocycles. The third-order valence-electron chi connectivity index (χ3n) is 3.81. The topological polar surface area (TPSA) is 84.2 Å². The Bertz CT molecular complexity index is 663. The van der Waals surface area contributed by atoms with E-state index in [9.17, 15) is 14.7 Å². The lowest BCUT2D eigenvalue weighted by atomic mass is 10.1. The van der Waals surface area contributed by atoms with Crippen LogP contribution in [0.2, 0.25) is 0 Å². The quantitative estimate of drug-likeness (QED) is 0.823. The van der Waals surface area contributed by atoms with Crippen LogP contribution in [0, 0.1) is 0 Å². The molecule has 0 aliphatic heterocycles. The summed E-state index contributed by atoms with van der Waals surface area (Å²) < 4.78 is 1.76. The number of carboxylic acid groups (broad SMARTS) is 1. The van der Waals surface area contributed by atoms with Gasteiger partial charge in [-0.25, -0.2) is 4.79 Å². The van der Waals surface area contributed by atoms with Crippen molar-refractivity contribution in [3.05, 3.63) is 53.9 Å². The molecule has 1 amide bonds. The Balaban J connectivity index is 2.15. The first-order valence-corrected chi connectivity index (χ1v) is 7.70. The standard InChI is InChI=1S/C17H21N3O3/c1-3-13(4-2)20-11-10-14(19-20)16(21)18-15(17(22)23)12-8-6-5-7-9-12/h5-11,13,15H,3-4H2,1-2H3,(H,18,21)(H,22,23)/t15-/m0/s1. The molecule has 122 valence electrons. The van der Waals surface area contributed by atoms with E-state index in [2.05, 4.69) is 24.3 Å². The highest BCUT2D eigenvalue weighted by molar-refractivity contribution is 5.95. The Morgan fingerprint density at radius 2 is 1.83 bits per heavy atom. The largest absolute Gasteiger partial charge is 0.479 e. The van der Waals surface area contributed by atoms with Crippen molar-refractivity contribution in [2.24, 2.45) is 0 Å². The van der Waals surface area contributed by atoms with Gasteiger partial charge < -0.3 is 10.4 Å². The zero-order valence-electron chi connectivity index (χ0n) is 13.3. The van der Waals surface area contributed by atoms with Crippen molar-refractivity contribution in [3.63, 3.8) is 0 Å². The highest BCUT2D eigenvalue weighted by atomic mass is 16.4. The second-order valence-corrected chi connectivity index (χ2v) is 5.31. The number of hydrogen-bond donors (Lipinski definition) is 2.